The standard InChI is InChI=1S/C11H17N2O.HI/c1-4-13(5-2)11(14)10-7-6-8-12(3)9-10;/h6-9H,4-5H2,1-3H3;1H/q+1;/p-1. The van der Waals surface area contributed by atoms with Crippen molar-refractivity contribution in [2.75, 3.05) is 13.1 Å². The van der Waals surface area contributed by atoms with Crippen molar-refractivity contribution in [1.29, 1.82) is 0 Å². The molecule has 0 bridgehead atoms. The summed E-state index contributed by atoms with van der Waals surface area (Å²) in [7, 11) is 1.92. The van der Waals surface area contributed by atoms with Gasteiger partial charge in [-0.3, -0.25) is 4.79 Å². The van der Waals surface area contributed by atoms with Crippen LogP contribution in [0.25, 0.3) is 0 Å². The van der Waals surface area contributed by atoms with Gasteiger partial charge in [-0.05, 0) is 19.9 Å². The van der Waals surface area contributed by atoms with Crippen LogP contribution in [0.5, 0.6) is 0 Å². The lowest BCUT2D eigenvalue weighted by atomic mass is 10.2. The van der Waals surface area contributed by atoms with E-state index in [1.807, 2.05) is 54.9 Å². The van der Waals surface area contributed by atoms with Gasteiger partial charge in [0.25, 0.3) is 5.91 Å². The summed E-state index contributed by atoms with van der Waals surface area (Å²) in [6.07, 6.45) is 3.76. The monoisotopic (exact) mass is 320 g/mol. The molecule has 0 aliphatic carbocycles. The summed E-state index contributed by atoms with van der Waals surface area (Å²) in [5, 5.41) is 0. The van der Waals surface area contributed by atoms with Gasteiger partial charge < -0.3 is 28.9 Å². The van der Waals surface area contributed by atoms with Gasteiger partial charge in [0.15, 0.2) is 12.4 Å². The number of amides is 1. The van der Waals surface area contributed by atoms with Crippen molar-refractivity contribution in [3.63, 3.8) is 0 Å². The molecule has 3 nitrogen and oxygen atoms in total. The van der Waals surface area contributed by atoms with Gasteiger partial charge >= 0.3 is 0 Å². The van der Waals surface area contributed by atoms with Gasteiger partial charge in [0.2, 0.25) is 0 Å². The van der Waals surface area contributed by atoms with Crippen molar-refractivity contribution >= 4 is 5.91 Å². The van der Waals surface area contributed by atoms with E-state index in [1.165, 1.54) is 0 Å². The van der Waals surface area contributed by atoms with E-state index in [-0.39, 0.29) is 29.9 Å². The number of carbonyl (C=O) groups excluding carboxylic acids is 1. The number of rotatable bonds is 3. The number of hydrogen-bond donors (Lipinski definition) is 0. The third-order valence-electron chi connectivity index (χ3n) is 2.24. The van der Waals surface area contributed by atoms with Gasteiger partial charge in [-0.1, -0.05) is 0 Å². The molecule has 15 heavy (non-hydrogen) atoms. The molecule has 0 unspecified atom stereocenters. The molecule has 0 N–H and O–H groups in total. The number of aryl methyl sites for hydroxylation is 1. The molecule has 1 amide bonds. The van der Waals surface area contributed by atoms with Crippen LogP contribution in [0.4, 0.5) is 0 Å². The van der Waals surface area contributed by atoms with Gasteiger partial charge in [0, 0.05) is 19.2 Å². The second-order valence-electron chi connectivity index (χ2n) is 3.24. The average Bonchev–Trinajstić information content (AvgIpc) is 2.19. The minimum absolute atomic E-state index is 0. The minimum Gasteiger partial charge on any atom is -1.00 e. The van der Waals surface area contributed by atoms with Crippen molar-refractivity contribution in [2.24, 2.45) is 7.05 Å². The summed E-state index contributed by atoms with van der Waals surface area (Å²) in [5.41, 5.74) is 0.749. The highest BCUT2D eigenvalue weighted by Crippen LogP contribution is 2.01. The van der Waals surface area contributed by atoms with Crippen molar-refractivity contribution in [3.8, 4) is 0 Å². The molecule has 0 aliphatic heterocycles. The lowest BCUT2D eigenvalue weighted by molar-refractivity contribution is -0.671. The van der Waals surface area contributed by atoms with Crippen LogP contribution in [0, 0.1) is 0 Å². The van der Waals surface area contributed by atoms with E-state index < -0.39 is 0 Å². The maximum absolute atomic E-state index is 11.9. The lowest BCUT2D eigenvalue weighted by Crippen LogP contribution is -3.00. The van der Waals surface area contributed by atoms with E-state index in [2.05, 4.69) is 0 Å². The van der Waals surface area contributed by atoms with Crippen molar-refractivity contribution in [2.45, 2.75) is 13.8 Å². The normalized spacial score (nSPS) is 9.27. The molecule has 1 rings (SSSR count). The molecule has 1 heterocycles. The van der Waals surface area contributed by atoms with E-state index in [0.717, 1.165) is 18.7 Å². The molecular weight excluding hydrogens is 303 g/mol. The highest BCUT2D eigenvalue weighted by Gasteiger charge is 2.14. The predicted molar refractivity (Wildman–Crippen MR) is 54.9 cm³/mol. The molecule has 1 aromatic rings. The van der Waals surface area contributed by atoms with Crippen molar-refractivity contribution < 1.29 is 33.3 Å². The summed E-state index contributed by atoms with van der Waals surface area (Å²) < 4.78 is 1.89. The summed E-state index contributed by atoms with van der Waals surface area (Å²) >= 11 is 0. The predicted octanol–water partition coefficient (Wildman–Crippen LogP) is -2.00. The molecular formula is C11H17IN2O. The molecule has 0 aromatic carbocycles. The number of carbonyl (C=O) groups is 1. The van der Waals surface area contributed by atoms with Gasteiger partial charge in [0.05, 0.1) is 0 Å². The van der Waals surface area contributed by atoms with Crippen LogP contribution in [-0.2, 0) is 7.05 Å². The van der Waals surface area contributed by atoms with Crippen LogP contribution in [-0.4, -0.2) is 23.9 Å². The van der Waals surface area contributed by atoms with Gasteiger partial charge in [0.1, 0.15) is 12.6 Å². The molecule has 0 aliphatic rings. The van der Waals surface area contributed by atoms with E-state index >= 15 is 0 Å². The summed E-state index contributed by atoms with van der Waals surface area (Å²) in [5.74, 6) is 0.103. The largest absolute Gasteiger partial charge is 1.00 e. The van der Waals surface area contributed by atoms with E-state index in [9.17, 15) is 4.79 Å². The first-order valence-electron chi connectivity index (χ1n) is 4.93. The van der Waals surface area contributed by atoms with Crippen LogP contribution in [0.15, 0.2) is 24.5 Å². The Bertz CT molecular complexity index is 324. The maximum Gasteiger partial charge on any atom is 0.259 e. The first kappa shape index (κ1) is 14.3. The maximum atomic E-state index is 11.9. The molecule has 0 radical (unpaired) electrons. The number of hydrogen-bond acceptors (Lipinski definition) is 1. The third kappa shape index (κ3) is 3.77. The zero-order valence-electron chi connectivity index (χ0n) is 9.40. The zero-order valence-corrected chi connectivity index (χ0v) is 11.6. The molecule has 0 atom stereocenters. The van der Waals surface area contributed by atoms with Gasteiger partial charge in [-0.2, -0.15) is 0 Å². The van der Waals surface area contributed by atoms with Crippen LogP contribution in [0.2, 0.25) is 0 Å². The van der Waals surface area contributed by atoms with Crippen LogP contribution >= 0.6 is 0 Å². The Morgan fingerprint density at radius 1 is 1.40 bits per heavy atom. The second kappa shape index (κ2) is 6.76. The summed E-state index contributed by atoms with van der Waals surface area (Å²) in [4.78, 5) is 13.7. The molecule has 1 aromatic heterocycles. The third-order valence-corrected chi connectivity index (χ3v) is 2.24. The quantitative estimate of drug-likeness (QED) is 0.467. The SMILES string of the molecule is CCN(CC)C(=O)c1ccc[n+](C)c1.[I-]. The van der Waals surface area contributed by atoms with Crippen molar-refractivity contribution in [3.05, 3.63) is 30.1 Å². The molecule has 0 fully saturated rings. The zero-order chi connectivity index (χ0) is 10.6. The fourth-order valence-electron chi connectivity index (χ4n) is 1.41. The average molecular weight is 320 g/mol. The molecule has 4 heteroatoms. The number of aromatic nitrogens is 1. The van der Waals surface area contributed by atoms with E-state index in [1.54, 1.807) is 0 Å². The molecule has 84 valence electrons. The Morgan fingerprint density at radius 2 is 2.00 bits per heavy atom. The fourth-order valence-corrected chi connectivity index (χ4v) is 1.41. The Hall–Kier alpha value is -0.650. The van der Waals surface area contributed by atoms with Gasteiger partial charge in [-0.15, -0.1) is 0 Å². The molecule has 0 spiro atoms. The molecule has 0 saturated carbocycles. The van der Waals surface area contributed by atoms with Crippen molar-refractivity contribution in [1.82, 2.24) is 4.90 Å². The fraction of sp³-hybridized carbons (Fsp3) is 0.455. The summed E-state index contributed by atoms with van der Waals surface area (Å²) in [6, 6.07) is 3.73. The summed E-state index contributed by atoms with van der Waals surface area (Å²) in [6.45, 7) is 5.50. The smallest absolute Gasteiger partial charge is 0.259 e. The van der Waals surface area contributed by atoms with Crippen LogP contribution in [0.1, 0.15) is 24.2 Å². The van der Waals surface area contributed by atoms with Crippen LogP contribution in [0.3, 0.4) is 0 Å². The van der Waals surface area contributed by atoms with E-state index in [0.29, 0.717) is 0 Å². The first-order valence-corrected chi connectivity index (χ1v) is 4.93. The number of nitrogens with zero attached hydrogens (tertiary/aromatic N) is 2. The highest BCUT2D eigenvalue weighted by molar-refractivity contribution is 5.93. The Labute approximate surface area is 108 Å². The van der Waals surface area contributed by atoms with Gasteiger partial charge in [-0.25, -0.2) is 4.57 Å². The second-order valence-corrected chi connectivity index (χ2v) is 3.24. The number of pyridine rings is 1. The number of halogens is 1. The highest BCUT2D eigenvalue weighted by atomic mass is 127. The Balaban J connectivity index is 0.00000196. The topological polar surface area (TPSA) is 24.2 Å². The molecule has 0 saturated heterocycles. The Morgan fingerprint density at radius 3 is 2.47 bits per heavy atom. The lowest BCUT2D eigenvalue weighted by Gasteiger charge is -2.17. The van der Waals surface area contributed by atoms with E-state index in [4.69, 9.17) is 0 Å². The Kier molecular flexibility index (Phi) is 6.47. The van der Waals surface area contributed by atoms with Crippen LogP contribution < -0.4 is 28.5 Å². The first-order chi connectivity index (χ1) is 6.69. The minimum atomic E-state index is 0.